The van der Waals surface area contributed by atoms with Crippen molar-refractivity contribution in [2.75, 3.05) is 6.26 Å². The van der Waals surface area contributed by atoms with Crippen LogP contribution in [0.5, 0.6) is 0 Å². The van der Waals surface area contributed by atoms with E-state index in [-0.39, 0.29) is 22.9 Å². The number of para-hydroxylation sites is 1. The monoisotopic (exact) mass is 388 g/mol. The van der Waals surface area contributed by atoms with Gasteiger partial charge < -0.3 is 10.1 Å². The van der Waals surface area contributed by atoms with Gasteiger partial charge >= 0.3 is 5.97 Å². The van der Waals surface area contributed by atoms with Crippen LogP contribution in [0.1, 0.15) is 41.4 Å². The molecule has 3 rings (SSSR count). The molecule has 0 aliphatic rings. The minimum atomic E-state index is -2.88. The third-order valence-corrected chi connectivity index (χ3v) is 5.34. The molecule has 2 aromatic carbocycles. The second-order valence-electron chi connectivity index (χ2n) is 7.06. The zero-order valence-corrected chi connectivity index (χ0v) is 16.1. The number of H-pyrrole nitrogens is 1. The first-order valence-electron chi connectivity index (χ1n) is 8.46. The smallest absolute Gasteiger partial charge is 0.352 e. The lowest BCUT2D eigenvalue weighted by Crippen LogP contribution is -2.02. The fourth-order valence-electron chi connectivity index (χ4n) is 3.30. The Labute approximate surface area is 157 Å². The van der Waals surface area contributed by atoms with Gasteiger partial charge in [-0.05, 0) is 23.1 Å². The molecule has 3 aromatic rings. The maximum atomic E-state index is 14.5. The molecule has 0 saturated heterocycles. The Kier molecular flexibility index (Phi) is 4.82. The van der Waals surface area contributed by atoms with E-state index in [9.17, 15) is 18.5 Å². The maximum absolute atomic E-state index is 14.5. The van der Waals surface area contributed by atoms with Gasteiger partial charge in [0.05, 0.1) is 11.3 Å². The van der Waals surface area contributed by atoms with Gasteiger partial charge in [-0.25, -0.2) is 13.4 Å². The molecule has 0 aliphatic heterocycles. The average Bonchev–Trinajstić information content (AvgIpc) is 2.95. The van der Waals surface area contributed by atoms with Crippen LogP contribution in [0.3, 0.4) is 0 Å². The topological polar surface area (TPSA) is 94.0 Å². The number of halogens is 1. The predicted octanol–water partition coefficient (Wildman–Crippen LogP) is 4.97. The molecule has 142 valence electrons. The Morgan fingerprint density at radius 2 is 2.00 bits per heavy atom. The lowest BCUT2D eigenvalue weighted by molar-refractivity contribution is 0.0692. The summed E-state index contributed by atoms with van der Waals surface area (Å²) >= 11 is 0. The normalized spacial score (nSPS) is 13.8. The van der Waals surface area contributed by atoms with Crippen molar-refractivity contribution in [2.45, 2.75) is 25.5 Å². The van der Waals surface area contributed by atoms with Crippen molar-refractivity contribution in [2.24, 2.45) is 0 Å². The zero-order valence-electron chi connectivity index (χ0n) is 15.3. The predicted molar refractivity (Wildman–Crippen MR) is 105 cm³/mol. The summed E-state index contributed by atoms with van der Waals surface area (Å²) in [5.74, 6) is -1.71. The number of carbonyl (C=O) groups is 1. The van der Waals surface area contributed by atoms with Gasteiger partial charge in [0.1, 0.15) is 11.5 Å². The number of aromatic carboxylic acids is 1. The van der Waals surface area contributed by atoms with Crippen LogP contribution in [0.4, 0.5) is 4.39 Å². The van der Waals surface area contributed by atoms with Crippen LogP contribution < -0.4 is 0 Å². The molecule has 0 bridgehead atoms. The van der Waals surface area contributed by atoms with Gasteiger partial charge in [-0.2, -0.15) is 0 Å². The Hall–Kier alpha value is -2.67. The van der Waals surface area contributed by atoms with E-state index in [0.29, 0.717) is 16.5 Å². The standard InChI is InChI=1S/C20H21FN2O3S/c1-11(2)14-5-4-6-15-17(19(20(24)25)23-18(14)15)12-7-8-13(16(21)9-12)10-27(3,22)26/h4-9,11,22-23H,10H2,1-3H3,(H,24,25)/t27-/m0/s1. The second kappa shape index (κ2) is 6.81. The van der Waals surface area contributed by atoms with E-state index in [1.54, 1.807) is 6.07 Å². The van der Waals surface area contributed by atoms with Gasteiger partial charge in [0.25, 0.3) is 0 Å². The SMILES string of the molecule is CC(C)c1cccc2c(-c3ccc(C[S@@](C)(=N)=O)c(F)c3)c(C(=O)O)[nH]c12. The molecule has 3 N–H and O–H groups in total. The van der Waals surface area contributed by atoms with Crippen molar-refractivity contribution in [1.82, 2.24) is 4.98 Å². The Morgan fingerprint density at radius 1 is 1.30 bits per heavy atom. The Bertz CT molecular complexity index is 1150. The largest absolute Gasteiger partial charge is 0.477 e. The molecule has 1 aromatic heterocycles. The molecule has 7 heteroatoms. The van der Waals surface area contributed by atoms with Gasteiger partial charge in [0, 0.05) is 32.5 Å². The van der Waals surface area contributed by atoms with Gasteiger partial charge in [0.15, 0.2) is 0 Å². The number of fused-ring (bicyclic) bond motifs is 1. The van der Waals surface area contributed by atoms with Crippen LogP contribution in [-0.2, 0) is 15.5 Å². The molecule has 27 heavy (non-hydrogen) atoms. The first-order valence-corrected chi connectivity index (χ1v) is 10.6. The molecular weight excluding hydrogens is 367 g/mol. The molecular formula is C20H21FN2O3S. The van der Waals surface area contributed by atoms with E-state index in [2.05, 4.69) is 4.98 Å². The summed E-state index contributed by atoms with van der Waals surface area (Å²) < 4.78 is 33.7. The van der Waals surface area contributed by atoms with Crippen molar-refractivity contribution < 1.29 is 18.5 Å². The highest BCUT2D eigenvalue weighted by Crippen LogP contribution is 2.36. The number of carboxylic acids is 1. The second-order valence-corrected chi connectivity index (χ2v) is 9.36. The molecule has 0 spiro atoms. The summed E-state index contributed by atoms with van der Waals surface area (Å²) in [6.45, 7) is 4.04. The van der Waals surface area contributed by atoms with Gasteiger partial charge in [-0.1, -0.05) is 44.2 Å². The van der Waals surface area contributed by atoms with Crippen LogP contribution in [0.25, 0.3) is 22.0 Å². The fraction of sp³-hybridized carbons (Fsp3) is 0.250. The quantitative estimate of drug-likeness (QED) is 0.576. The van der Waals surface area contributed by atoms with E-state index < -0.39 is 21.5 Å². The summed E-state index contributed by atoms with van der Waals surface area (Å²) in [7, 11) is -2.88. The summed E-state index contributed by atoms with van der Waals surface area (Å²) in [5.41, 5.74) is 2.75. The summed E-state index contributed by atoms with van der Waals surface area (Å²) in [6.07, 6.45) is 1.26. The van der Waals surface area contributed by atoms with Crippen molar-refractivity contribution >= 4 is 26.6 Å². The average molecular weight is 388 g/mol. The number of rotatable bonds is 5. The highest BCUT2D eigenvalue weighted by atomic mass is 32.2. The fourth-order valence-corrected chi connectivity index (χ4v) is 4.13. The molecule has 0 amide bonds. The third-order valence-electron chi connectivity index (χ3n) is 4.47. The Balaban J connectivity index is 2.25. The highest BCUT2D eigenvalue weighted by Gasteiger charge is 2.21. The minimum absolute atomic E-state index is 0.00466. The molecule has 0 radical (unpaired) electrons. The number of aromatic amines is 1. The number of nitrogens with one attached hydrogen (secondary N) is 2. The summed E-state index contributed by atoms with van der Waals surface area (Å²) in [4.78, 5) is 14.8. The molecule has 5 nitrogen and oxygen atoms in total. The van der Waals surface area contributed by atoms with Crippen LogP contribution in [0, 0.1) is 10.6 Å². The van der Waals surface area contributed by atoms with E-state index in [1.807, 2.05) is 32.0 Å². The number of hydrogen-bond donors (Lipinski definition) is 3. The van der Waals surface area contributed by atoms with Crippen LogP contribution in [-0.4, -0.2) is 26.5 Å². The number of benzene rings is 2. The first-order chi connectivity index (χ1) is 12.6. The summed E-state index contributed by atoms with van der Waals surface area (Å²) in [5, 5.41) is 10.4. The number of aromatic nitrogens is 1. The highest BCUT2D eigenvalue weighted by molar-refractivity contribution is 7.90. The van der Waals surface area contributed by atoms with Crippen LogP contribution in [0.2, 0.25) is 0 Å². The van der Waals surface area contributed by atoms with Gasteiger partial charge in [-0.15, -0.1) is 0 Å². The van der Waals surface area contributed by atoms with Crippen molar-refractivity contribution in [3.8, 4) is 11.1 Å². The molecule has 1 heterocycles. The minimum Gasteiger partial charge on any atom is -0.477 e. The number of carboxylic acid groups (broad SMARTS) is 1. The van der Waals surface area contributed by atoms with Crippen molar-refractivity contribution in [3.63, 3.8) is 0 Å². The molecule has 0 aliphatic carbocycles. The van der Waals surface area contributed by atoms with Gasteiger partial charge in [-0.3, -0.25) is 4.78 Å². The molecule has 0 fully saturated rings. The summed E-state index contributed by atoms with van der Waals surface area (Å²) in [6, 6.07) is 9.94. The first kappa shape index (κ1) is 19.1. The molecule has 1 atom stereocenters. The lowest BCUT2D eigenvalue weighted by atomic mass is 9.96. The van der Waals surface area contributed by atoms with E-state index in [0.717, 1.165) is 11.1 Å². The van der Waals surface area contributed by atoms with Gasteiger partial charge in [0.2, 0.25) is 0 Å². The number of hydrogen-bond acceptors (Lipinski definition) is 3. The van der Waals surface area contributed by atoms with Crippen LogP contribution in [0.15, 0.2) is 36.4 Å². The van der Waals surface area contributed by atoms with Crippen molar-refractivity contribution in [3.05, 3.63) is 59.0 Å². The van der Waals surface area contributed by atoms with E-state index in [4.69, 9.17) is 4.78 Å². The zero-order chi connectivity index (χ0) is 19.9. The van der Waals surface area contributed by atoms with Crippen molar-refractivity contribution in [1.29, 1.82) is 4.78 Å². The third kappa shape index (κ3) is 3.73. The molecule has 0 saturated carbocycles. The van der Waals surface area contributed by atoms with E-state index >= 15 is 0 Å². The Morgan fingerprint density at radius 3 is 2.56 bits per heavy atom. The maximum Gasteiger partial charge on any atom is 0.352 e. The van der Waals surface area contributed by atoms with E-state index in [1.165, 1.54) is 18.4 Å². The lowest BCUT2D eigenvalue weighted by Gasteiger charge is -2.09. The van der Waals surface area contributed by atoms with Crippen LogP contribution >= 0.6 is 0 Å². The molecule has 0 unspecified atom stereocenters.